The van der Waals surface area contributed by atoms with Crippen molar-refractivity contribution in [1.82, 2.24) is 13.9 Å². The highest BCUT2D eigenvalue weighted by Crippen LogP contribution is 1.89. The van der Waals surface area contributed by atoms with Crippen LogP contribution in [0.1, 0.15) is 0 Å². The molecule has 0 aromatic carbocycles. The molecule has 1 N–H and O–H groups in total. The number of aromatic nitrogens is 2. The maximum absolute atomic E-state index is 10.2. The van der Waals surface area contributed by atoms with Gasteiger partial charge in [-0.2, -0.15) is 8.42 Å². The molecule has 14 heavy (non-hydrogen) atoms. The summed E-state index contributed by atoms with van der Waals surface area (Å²) in [6.45, 7) is 0. The third-order valence-corrected chi connectivity index (χ3v) is 1.71. The van der Waals surface area contributed by atoms with Crippen molar-refractivity contribution < 1.29 is 17.8 Å². The van der Waals surface area contributed by atoms with Crippen molar-refractivity contribution in [3.8, 4) is 0 Å². The zero-order chi connectivity index (χ0) is 11.2. The topological polar surface area (TPSA) is 92.5 Å². The van der Waals surface area contributed by atoms with Crippen LogP contribution in [0.5, 0.6) is 0 Å². The highest BCUT2D eigenvalue weighted by molar-refractivity contribution is 7.84. The molecule has 0 aliphatic rings. The fourth-order valence-electron chi connectivity index (χ4n) is 0.383. The molecule has 7 nitrogen and oxygen atoms in total. The van der Waals surface area contributed by atoms with Crippen molar-refractivity contribution in [2.45, 2.75) is 0 Å². The lowest BCUT2D eigenvalue weighted by molar-refractivity contribution is -0.115. The fourth-order valence-corrected chi connectivity index (χ4v) is 0.765. The van der Waals surface area contributed by atoms with E-state index < -0.39 is 10.3 Å². The van der Waals surface area contributed by atoms with E-state index in [-0.39, 0.29) is 0 Å². The number of imidazole rings is 1. The summed E-state index contributed by atoms with van der Waals surface area (Å²) in [5, 5.41) is 0. The van der Waals surface area contributed by atoms with Crippen LogP contribution in [0.2, 0.25) is 0 Å². The molecule has 1 heterocycles. The Bertz CT molecular complexity index is 356. The number of rotatable bonds is 2. The third kappa shape index (κ3) is 5.27. The van der Waals surface area contributed by atoms with Gasteiger partial charge in [-0.15, -0.1) is 0 Å². The molecule has 1 rings (SSSR count). The average molecular weight is 221 g/mol. The average Bonchev–Trinajstić information content (AvgIpc) is 2.56. The van der Waals surface area contributed by atoms with E-state index in [2.05, 4.69) is 4.98 Å². The minimum absolute atomic E-state index is 0.604. The second-order valence-electron chi connectivity index (χ2n) is 2.44. The Hall–Kier alpha value is -1.41. The van der Waals surface area contributed by atoms with Crippen molar-refractivity contribution in [2.75, 3.05) is 14.1 Å². The van der Waals surface area contributed by atoms with Crippen LogP contribution in [-0.4, -0.2) is 47.3 Å². The summed E-state index contributed by atoms with van der Waals surface area (Å²) < 4.78 is 29.2. The summed E-state index contributed by atoms with van der Waals surface area (Å²) in [4.78, 5) is 14.3. The SMILES string of the molecule is CN(C)C=O.O=S(=O)(O)n1ccnc1. The minimum atomic E-state index is -4.11. The van der Waals surface area contributed by atoms with E-state index in [4.69, 9.17) is 4.55 Å². The highest BCUT2D eigenvalue weighted by atomic mass is 32.2. The van der Waals surface area contributed by atoms with E-state index in [1.165, 1.54) is 11.1 Å². The van der Waals surface area contributed by atoms with Crippen molar-refractivity contribution in [2.24, 2.45) is 0 Å². The number of hydrogen-bond acceptors (Lipinski definition) is 4. The highest BCUT2D eigenvalue weighted by Gasteiger charge is 2.03. The van der Waals surface area contributed by atoms with Crippen molar-refractivity contribution in [3.05, 3.63) is 18.7 Å². The first-order chi connectivity index (χ1) is 6.38. The molecule has 0 atom stereocenters. The Balaban J connectivity index is 0.000000292. The van der Waals surface area contributed by atoms with Crippen LogP contribution in [-0.2, 0) is 15.1 Å². The monoisotopic (exact) mass is 221 g/mol. The maximum Gasteiger partial charge on any atom is 0.364 e. The van der Waals surface area contributed by atoms with Gasteiger partial charge in [-0.25, -0.2) is 8.96 Å². The standard InChI is InChI=1S/C3H4N2O3S.C3H7NO/c6-9(7,8)5-2-1-4-3-5;1-4(2)3-5/h1-3H,(H,6,7,8);3H,1-2H3. The molecule has 0 spiro atoms. The second-order valence-corrected chi connectivity index (χ2v) is 3.76. The van der Waals surface area contributed by atoms with Gasteiger partial charge in [0.2, 0.25) is 6.41 Å². The number of nitrogens with zero attached hydrogens (tertiary/aromatic N) is 3. The molecular formula is C6H11N3O4S. The van der Waals surface area contributed by atoms with Crippen molar-refractivity contribution in [1.29, 1.82) is 0 Å². The van der Waals surface area contributed by atoms with E-state index >= 15 is 0 Å². The van der Waals surface area contributed by atoms with Gasteiger partial charge in [0.1, 0.15) is 6.33 Å². The molecule has 0 aliphatic carbocycles. The van der Waals surface area contributed by atoms with Gasteiger partial charge >= 0.3 is 10.3 Å². The normalized spacial score (nSPS) is 9.93. The van der Waals surface area contributed by atoms with E-state index in [1.54, 1.807) is 14.1 Å². The molecule has 0 saturated carbocycles. The fraction of sp³-hybridized carbons (Fsp3) is 0.333. The van der Waals surface area contributed by atoms with Gasteiger partial charge in [0.15, 0.2) is 0 Å². The number of carbonyl (C=O) groups excluding carboxylic acids is 1. The van der Waals surface area contributed by atoms with Gasteiger partial charge in [-0.3, -0.25) is 9.35 Å². The Morgan fingerprint density at radius 2 is 2.00 bits per heavy atom. The molecule has 0 aliphatic heterocycles. The van der Waals surface area contributed by atoms with Crippen LogP contribution in [0.4, 0.5) is 0 Å². The van der Waals surface area contributed by atoms with Gasteiger partial charge in [-0.1, -0.05) is 0 Å². The van der Waals surface area contributed by atoms with E-state index in [0.29, 0.717) is 3.97 Å². The molecule has 1 aromatic rings. The predicted octanol–water partition coefficient (Wildman–Crippen LogP) is -0.762. The first-order valence-corrected chi connectivity index (χ1v) is 4.85. The largest absolute Gasteiger partial charge is 0.364 e. The lowest BCUT2D eigenvalue weighted by Crippen LogP contribution is -2.07. The third-order valence-electron chi connectivity index (χ3n) is 0.957. The van der Waals surface area contributed by atoms with Crippen LogP contribution in [0.15, 0.2) is 18.7 Å². The predicted molar refractivity (Wildman–Crippen MR) is 48.9 cm³/mol. The summed E-state index contributed by atoms with van der Waals surface area (Å²) in [6, 6.07) is 0. The van der Waals surface area contributed by atoms with Crippen LogP contribution in [0.25, 0.3) is 0 Å². The van der Waals surface area contributed by atoms with Crippen molar-refractivity contribution in [3.63, 3.8) is 0 Å². The van der Waals surface area contributed by atoms with Gasteiger partial charge in [0.25, 0.3) is 0 Å². The first-order valence-electron chi connectivity index (χ1n) is 3.45. The molecule has 0 fully saturated rings. The number of hydrogen-bond donors (Lipinski definition) is 1. The molecule has 0 bridgehead atoms. The van der Waals surface area contributed by atoms with Crippen LogP contribution >= 0.6 is 0 Å². The lowest BCUT2D eigenvalue weighted by atomic mass is 11.0. The minimum Gasteiger partial charge on any atom is -0.351 e. The molecule has 0 unspecified atom stereocenters. The first kappa shape index (κ1) is 12.6. The van der Waals surface area contributed by atoms with Crippen LogP contribution in [0, 0.1) is 0 Å². The molecule has 1 aromatic heterocycles. The van der Waals surface area contributed by atoms with E-state index in [9.17, 15) is 13.2 Å². The molecular weight excluding hydrogens is 210 g/mol. The Labute approximate surface area is 81.9 Å². The van der Waals surface area contributed by atoms with E-state index in [1.807, 2.05) is 0 Å². The number of amides is 1. The van der Waals surface area contributed by atoms with Gasteiger partial charge in [0, 0.05) is 26.5 Å². The Morgan fingerprint density at radius 3 is 2.14 bits per heavy atom. The zero-order valence-electron chi connectivity index (χ0n) is 7.73. The zero-order valence-corrected chi connectivity index (χ0v) is 8.55. The summed E-state index contributed by atoms with van der Waals surface area (Å²) in [7, 11) is -0.730. The second kappa shape index (κ2) is 5.35. The summed E-state index contributed by atoms with van der Waals surface area (Å²) in [5.74, 6) is 0. The Morgan fingerprint density at radius 1 is 1.50 bits per heavy atom. The van der Waals surface area contributed by atoms with Gasteiger partial charge in [-0.05, 0) is 0 Å². The van der Waals surface area contributed by atoms with Crippen LogP contribution < -0.4 is 0 Å². The van der Waals surface area contributed by atoms with Crippen molar-refractivity contribution >= 4 is 16.7 Å². The van der Waals surface area contributed by atoms with Gasteiger partial charge < -0.3 is 4.90 Å². The molecule has 8 heteroatoms. The summed E-state index contributed by atoms with van der Waals surface area (Å²) in [5.41, 5.74) is 0. The van der Waals surface area contributed by atoms with Gasteiger partial charge in [0.05, 0.1) is 0 Å². The molecule has 0 radical (unpaired) electrons. The molecule has 0 saturated heterocycles. The Kier molecular flexibility index (Phi) is 4.81. The molecule has 1 amide bonds. The number of carbonyl (C=O) groups is 1. The maximum atomic E-state index is 10.2. The van der Waals surface area contributed by atoms with E-state index in [0.717, 1.165) is 18.9 Å². The van der Waals surface area contributed by atoms with Crippen LogP contribution in [0.3, 0.4) is 0 Å². The molecule has 80 valence electrons. The summed E-state index contributed by atoms with van der Waals surface area (Å²) in [6.07, 6.45) is 4.14. The summed E-state index contributed by atoms with van der Waals surface area (Å²) >= 11 is 0. The quantitative estimate of drug-likeness (QED) is 0.523. The smallest absolute Gasteiger partial charge is 0.351 e. The lowest BCUT2D eigenvalue weighted by Gasteiger charge is -1.93.